The maximum atomic E-state index is 14.6. The van der Waals surface area contributed by atoms with Crippen molar-refractivity contribution in [3.8, 4) is 0 Å². The molecule has 0 aromatic heterocycles. The molecular formula is C18H25FN2O2S. The van der Waals surface area contributed by atoms with Crippen molar-refractivity contribution < 1.29 is 13.9 Å². The largest absolute Gasteiger partial charge is 0.379 e. The van der Waals surface area contributed by atoms with E-state index in [4.69, 9.17) is 20.2 Å². The highest BCUT2D eigenvalue weighted by Gasteiger charge is 2.49. The Morgan fingerprint density at radius 3 is 3.08 bits per heavy atom. The van der Waals surface area contributed by atoms with Crippen LogP contribution >= 0.6 is 11.8 Å². The van der Waals surface area contributed by atoms with Gasteiger partial charge >= 0.3 is 0 Å². The maximum absolute atomic E-state index is 14.6. The average Bonchev–Trinajstić information content (AvgIpc) is 2.58. The first kappa shape index (κ1) is 17.7. The lowest BCUT2D eigenvalue weighted by Gasteiger charge is -2.46. The minimum absolute atomic E-state index is 0.0858. The molecule has 132 valence electrons. The van der Waals surface area contributed by atoms with Crippen molar-refractivity contribution in [2.45, 2.75) is 37.8 Å². The van der Waals surface area contributed by atoms with Gasteiger partial charge in [0.25, 0.3) is 0 Å². The van der Waals surface area contributed by atoms with Gasteiger partial charge in [0.05, 0.1) is 24.9 Å². The third kappa shape index (κ3) is 3.60. The molecule has 1 saturated heterocycles. The number of hydrogen-bond acceptors (Lipinski definition) is 5. The average molecular weight is 352 g/mol. The molecule has 6 heteroatoms. The summed E-state index contributed by atoms with van der Waals surface area (Å²) in [6.45, 7) is 3.94. The molecule has 0 bridgehead atoms. The van der Waals surface area contributed by atoms with Crippen molar-refractivity contribution in [3.05, 3.63) is 35.6 Å². The second kappa shape index (κ2) is 7.85. The number of rotatable bonds is 6. The number of nitrogens with two attached hydrogens (primary N) is 1. The predicted octanol–water partition coefficient (Wildman–Crippen LogP) is 3.30. The molecular weight excluding hydrogens is 327 g/mol. The first-order valence-electron chi connectivity index (χ1n) is 8.58. The number of aliphatic imine (C=N–C) groups is 1. The van der Waals surface area contributed by atoms with E-state index >= 15 is 0 Å². The number of benzene rings is 1. The van der Waals surface area contributed by atoms with Crippen LogP contribution < -0.4 is 5.73 Å². The van der Waals surface area contributed by atoms with Crippen LogP contribution in [0.2, 0.25) is 0 Å². The molecule has 0 spiro atoms. The Labute approximate surface area is 147 Å². The molecule has 1 aromatic carbocycles. The number of halogens is 1. The number of unbranched alkanes of at least 4 members (excludes halogenated alkanes) is 1. The van der Waals surface area contributed by atoms with Crippen LogP contribution in [0.4, 0.5) is 4.39 Å². The third-order valence-electron chi connectivity index (χ3n) is 4.78. The Kier molecular flexibility index (Phi) is 5.79. The van der Waals surface area contributed by atoms with Crippen LogP contribution in [0.15, 0.2) is 29.3 Å². The normalized spacial score (nSPS) is 29.8. The lowest BCUT2D eigenvalue weighted by Crippen LogP contribution is -2.50. The Bertz CT molecular complexity index is 598. The summed E-state index contributed by atoms with van der Waals surface area (Å²) < 4.78 is 26.3. The van der Waals surface area contributed by atoms with Gasteiger partial charge in [0.1, 0.15) is 5.82 Å². The second-order valence-electron chi connectivity index (χ2n) is 6.45. The van der Waals surface area contributed by atoms with Gasteiger partial charge in [-0.05, 0) is 12.5 Å². The zero-order chi connectivity index (χ0) is 17.0. The fourth-order valence-corrected chi connectivity index (χ4v) is 4.44. The van der Waals surface area contributed by atoms with E-state index in [0.29, 0.717) is 30.4 Å². The van der Waals surface area contributed by atoms with Gasteiger partial charge in [-0.25, -0.2) is 4.39 Å². The Balaban J connectivity index is 1.85. The molecule has 3 atom stereocenters. The summed E-state index contributed by atoms with van der Waals surface area (Å²) in [6, 6.07) is 6.89. The van der Waals surface area contributed by atoms with E-state index in [1.165, 1.54) is 17.8 Å². The van der Waals surface area contributed by atoms with Gasteiger partial charge in [0, 0.05) is 30.3 Å². The SMILES string of the molecule is CCCCOC[C@H]1C[C@]2(c3ccccc3F)N=C(N)SC[C@@H]2CO1. The summed E-state index contributed by atoms with van der Waals surface area (Å²) in [4.78, 5) is 4.74. The summed E-state index contributed by atoms with van der Waals surface area (Å²) in [5.74, 6) is 0.699. The molecule has 2 N–H and O–H groups in total. The van der Waals surface area contributed by atoms with Crippen LogP contribution in [-0.2, 0) is 15.0 Å². The van der Waals surface area contributed by atoms with Gasteiger partial charge in [-0.15, -0.1) is 0 Å². The summed E-state index contributed by atoms with van der Waals surface area (Å²) in [5.41, 5.74) is 6.00. The van der Waals surface area contributed by atoms with Gasteiger partial charge in [0.15, 0.2) is 5.17 Å². The third-order valence-corrected chi connectivity index (χ3v) is 5.73. The molecule has 3 rings (SSSR count). The summed E-state index contributed by atoms with van der Waals surface area (Å²) in [5, 5.41) is 0.530. The van der Waals surface area contributed by atoms with E-state index in [9.17, 15) is 4.39 Å². The summed E-state index contributed by atoms with van der Waals surface area (Å²) >= 11 is 1.52. The highest BCUT2D eigenvalue weighted by Crippen LogP contribution is 2.47. The molecule has 1 aromatic rings. The molecule has 2 aliphatic heterocycles. The van der Waals surface area contributed by atoms with E-state index in [0.717, 1.165) is 25.2 Å². The van der Waals surface area contributed by atoms with Gasteiger partial charge in [0.2, 0.25) is 0 Å². The lowest BCUT2D eigenvalue weighted by molar-refractivity contribution is -0.0881. The molecule has 2 heterocycles. The first-order valence-corrected chi connectivity index (χ1v) is 9.56. The molecule has 2 aliphatic rings. The first-order chi connectivity index (χ1) is 11.7. The van der Waals surface area contributed by atoms with Crippen LogP contribution in [0.5, 0.6) is 0 Å². The van der Waals surface area contributed by atoms with Crippen molar-refractivity contribution in [1.82, 2.24) is 0 Å². The number of thioether (sulfide) groups is 1. The molecule has 0 radical (unpaired) electrons. The zero-order valence-corrected chi connectivity index (χ0v) is 14.9. The Hall–Kier alpha value is -1.11. The van der Waals surface area contributed by atoms with Gasteiger partial charge < -0.3 is 15.2 Å². The van der Waals surface area contributed by atoms with Crippen LogP contribution in [0, 0.1) is 11.7 Å². The van der Waals surface area contributed by atoms with E-state index in [1.54, 1.807) is 6.07 Å². The van der Waals surface area contributed by atoms with Gasteiger partial charge in [-0.3, -0.25) is 4.99 Å². The standard InChI is InChI=1S/C18H25FN2O2S/c1-2-3-8-22-11-14-9-18(15-6-4-5-7-16(15)19)13(10-23-14)12-24-17(20)21-18/h4-7,13-14H,2-3,8-12H2,1H3,(H2,20,21)/t13-,14+,18-/m0/s1. The Morgan fingerprint density at radius 2 is 2.29 bits per heavy atom. The predicted molar refractivity (Wildman–Crippen MR) is 95.7 cm³/mol. The van der Waals surface area contributed by atoms with E-state index in [1.807, 2.05) is 12.1 Å². The van der Waals surface area contributed by atoms with Gasteiger partial charge in [-0.2, -0.15) is 0 Å². The lowest BCUT2D eigenvalue weighted by atomic mass is 9.73. The van der Waals surface area contributed by atoms with E-state index < -0.39 is 5.54 Å². The molecule has 0 aliphatic carbocycles. The second-order valence-corrected chi connectivity index (χ2v) is 7.49. The smallest absolute Gasteiger partial charge is 0.154 e. The van der Waals surface area contributed by atoms with Crippen LogP contribution in [0.25, 0.3) is 0 Å². The van der Waals surface area contributed by atoms with Crippen molar-refractivity contribution in [3.63, 3.8) is 0 Å². The van der Waals surface area contributed by atoms with Crippen LogP contribution in [0.3, 0.4) is 0 Å². The van der Waals surface area contributed by atoms with Crippen molar-refractivity contribution in [2.75, 3.05) is 25.6 Å². The molecule has 1 fully saturated rings. The Morgan fingerprint density at radius 1 is 1.46 bits per heavy atom. The number of fused-ring (bicyclic) bond motifs is 1. The van der Waals surface area contributed by atoms with E-state index in [-0.39, 0.29) is 17.8 Å². The number of ether oxygens (including phenoxy) is 2. The fourth-order valence-electron chi connectivity index (χ4n) is 3.47. The minimum Gasteiger partial charge on any atom is -0.379 e. The zero-order valence-electron chi connectivity index (χ0n) is 14.0. The maximum Gasteiger partial charge on any atom is 0.154 e. The number of hydrogen-bond donors (Lipinski definition) is 1. The summed E-state index contributed by atoms with van der Waals surface area (Å²) in [7, 11) is 0. The molecule has 0 amide bonds. The highest BCUT2D eigenvalue weighted by atomic mass is 32.2. The number of nitrogens with zero attached hydrogens (tertiary/aromatic N) is 1. The monoisotopic (exact) mass is 352 g/mol. The molecule has 0 unspecified atom stereocenters. The molecule has 0 saturated carbocycles. The quantitative estimate of drug-likeness (QED) is 0.798. The number of amidine groups is 1. The minimum atomic E-state index is -0.641. The van der Waals surface area contributed by atoms with Crippen LogP contribution in [-0.4, -0.2) is 36.8 Å². The van der Waals surface area contributed by atoms with E-state index in [2.05, 4.69) is 6.92 Å². The van der Waals surface area contributed by atoms with Crippen molar-refractivity contribution in [1.29, 1.82) is 0 Å². The topological polar surface area (TPSA) is 56.8 Å². The van der Waals surface area contributed by atoms with Crippen molar-refractivity contribution in [2.24, 2.45) is 16.6 Å². The molecule has 4 nitrogen and oxygen atoms in total. The van der Waals surface area contributed by atoms with Crippen molar-refractivity contribution >= 4 is 16.9 Å². The molecule has 24 heavy (non-hydrogen) atoms. The van der Waals surface area contributed by atoms with Crippen LogP contribution in [0.1, 0.15) is 31.7 Å². The fraction of sp³-hybridized carbons (Fsp3) is 0.611. The van der Waals surface area contributed by atoms with Gasteiger partial charge in [-0.1, -0.05) is 43.3 Å². The summed E-state index contributed by atoms with van der Waals surface area (Å²) in [6.07, 6.45) is 2.66. The highest BCUT2D eigenvalue weighted by molar-refractivity contribution is 8.13.